The van der Waals surface area contributed by atoms with Crippen LogP contribution in [0.3, 0.4) is 0 Å². The van der Waals surface area contributed by atoms with Gasteiger partial charge in [-0.25, -0.2) is 4.68 Å². The van der Waals surface area contributed by atoms with Crippen molar-refractivity contribution in [2.45, 2.75) is 13.0 Å². The van der Waals surface area contributed by atoms with Crippen molar-refractivity contribution in [2.75, 3.05) is 13.6 Å². The number of aromatic amines is 1. The van der Waals surface area contributed by atoms with Crippen LogP contribution in [-0.2, 0) is 13.0 Å². The van der Waals surface area contributed by atoms with Gasteiger partial charge in [-0.3, -0.25) is 9.89 Å². The zero-order chi connectivity index (χ0) is 11.8. The molecule has 0 atom stereocenters. The van der Waals surface area contributed by atoms with Gasteiger partial charge in [-0.1, -0.05) is 18.2 Å². The lowest BCUT2D eigenvalue weighted by atomic mass is 10.1. The zero-order valence-electron chi connectivity index (χ0n) is 9.81. The molecule has 1 aliphatic rings. The summed E-state index contributed by atoms with van der Waals surface area (Å²) in [6.45, 7) is 1.78. The highest BCUT2D eigenvalue weighted by atomic mass is 16.1. The van der Waals surface area contributed by atoms with Crippen LogP contribution in [0.1, 0.15) is 11.3 Å². The summed E-state index contributed by atoms with van der Waals surface area (Å²) in [6.07, 6.45) is 0.834. The quantitative estimate of drug-likeness (QED) is 0.797. The Balaban J connectivity index is 2.12. The van der Waals surface area contributed by atoms with Gasteiger partial charge in [-0.05, 0) is 25.6 Å². The van der Waals surface area contributed by atoms with Gasteiger partial charge in [0.05, 0.1) is 11.4 Å². The van der Waals surface area contributed by atoms with Crippen LogP contribution in [0.4, 0.5) is 0 Å². The van der Waals surface area contributed by atoms with E-state index in [0.29, 0.717) is 0 Å². The first kappa shape index (κ1) is 10.4. The van der Waals surface area contributed by atoms with Crippen molar-refractivity contribution >= 4 is 0 Å². The molecule has 1 aromatic carbocycles. The molecule has 1 aliphatic heterocycles. The molecule has 0 unspecified atom stereocenters. The largest absolute Gasteiger partial charge is 0.300 e. The summed E-state index contributed by atoms with van der Waals surface area (Å²) < 4.78 is 1.64. The molecule has 88 valence electrons. The van der Waals surface area contributed by atoms with Gasteiger partial charge in [0.1, 0.15) is 0 Å². The fourth-order valence-electron chi connectivity index (χ4n) is 2.32. The first-order valence-electron chi connectivity index (χ1n) is 5.82. The SMILES string of the molecule is CN1CCc2c([nH]n(-c3ccccc3)c2=O)C1. The van der Waals surface area contributed by atoms with Gasteiger partial charge in [0, 0.05) is 18.7 Å². The second-order valence-electron chi connectivity index (χ2n) is 4.53. The minimum atomic E-state index is 0.0966. The van der Waals surface area contributed by atoms with Gasteiger partial charge in [-0.15, -0.1) is 0 Å². The van der Waals surface area contributed by atoms with E-state index in [9.17, 15) is 4.79 Å². The minimum absolute atomic E-state index is 0.0966. The summed E-state index contributed by atoms with van der Waals surface area (Å²) in [5.74, 6) is 0. The predicted molar refractivity (Wildman–Crippen MR) is 66.4 cm³/mol. The maximum absolute atomic E-state index is 12.2. The predicted octanol–water partition coefficient (Wildman–Crippen LogP) is 1.15. The van der Waals surface area contributed by atoms with Crippen molar-refractivity contribution < 1.29 is 0 Å². The Kier molecular flexibility index (Phi) is 2.37. The van der Waals surface area contributed by atoms with Gasteiger partial charge in [-0.2, -0.15) is 0 Å². The lowest BCUT2D eigenvalue weighted by Crippen LogP contribution is -2.28. The van der Waals surface area contributed by atoms with E-state index in [2.05, 4.69) is 17.0 Å². The average molecular weight is 229 g/mol. The Morgan fingerprint density at radius 2 is 2.00 bits per heavy atom. The van der Waals surface area contributed by atoms with E-state index < -0.39 is 0 Å². The number of hydrogen-bond donors (Lipinski definition) is 1. The molecule has 0 radical (unpaired) electrons. The van der Waals surface area contributed by atoms with E-state index in [1.807, 2.05) is 30.3 Å². The number of nitrogens with one attached hydrogen (secondary N) is 1. The molecular weight excluding hydrogens is 214 g/mol. The van der Waals surface area contributed by atoms with Crippen molar-refractivity contribution in [3.63, 3.8) is 0 Å². The Morgan fingerprint density at radius 1 is 1.24 bits per heavy atom. The number of H-pyrrole nitrogens is 1. The van der Waals surface area contributed by atoms with Crippen LogP contribution in [0.2, 0.25) is 0 Å². The summed E-state index contributed by atoms with van der Waals surface area (Å²) in [5, 5.41) is 3.21. The number of rotatable bonds is 1. The number of aromatic nitrogens is 2. The maximum atomic E-state index is 12.2. The zero-order valence-corrected chi connectivity index (χ0v) is 9.81. The number of para-hydroxylation sites is 1. The van der Waals surface area contributed by atoms with Crippen molar-refractivity contribution in [1.82, 2.24) is 14.7 Å². The molecule has 0 fully saturated rings. The molecule has 17 heavy (non-hydrogen) atoms. The average Bonchev–Trinajstić information content (AvgIpc) is 2.67. The maximum Gasteiger partial charge on any atom is 0.274 e. The molecule has 0 aliphatic carbocycles. The number of benzene rings is 1. The second kappa shape index (κ2) is 3.89. The second-order valence-corrected chi connectivity index (χ2v) is 4.53. The molecule has 1 aromatic heterocycles. The van der Waals surface area contributed by atoms with Crippen LogP contribution in [0.15, 0.2) is 35.1 Å². The van der Waals surface area contributed by atoms with Gasteiger partial charge in [0.25, 0.3) is 5.56 Å². The van der Waals surface area contributed by atoms with Gasteiger partial charge < -0.3 is 4.90 Å². The Bertz CT molecular complexity index is 582. The van der Waals surface area contributed by atoms with Gasteiger partial charge in [0.15, 0.2) is 0 Å². The molecule has 0 saturated heterocycles. The lowest BCUT2D eigenvalue weighted by Gasteiger charge is -2.20. The normalized spacial score (nSPS) is 15.8. The van der Waals surface area contributed by atoms with Crippen LogP contribution in [0, 0.1) is 0 Å². The fourth-order valence-corrected chi connectivity index (χ4v) is 2.32. The van der Waals surface area contributed by atoms with E-state index in [0.717, 1.165) is 36.5 Å². The molecule has 4 nitrogen and oxygen atoms in total. The van der Waals surface area contributed by atoms with Crippen molar-refractivity contribution in [2.24, 2.45) is 0 Å². The molecule has 4 heteroatoms. The topological polar surface area (TPSA) is 41.0 Å². The Labute approximate surface area is 99.5 Å². The molecule has 2 aromatic rings. The van der Waals surface area contributed by atoms with Gasteiger partial charge >= 0.3 is 0 Å². The van der Waals surface area contributed by atoms with E-state index in [-0.39, 0.29) is 5.56 Å². The van der Waals surface area contributed by atoms with Crippen molar-refractivity contribution in [3.05, 3.63) is 51.9 Å². The highest BCUT2D eigenvalue weighted by Gasteiger charge is 2.20. The van der Waals surface area contributed by atoms with E-state index >= 15 is 0 Å². The standard InChI is InChI=1S/C13H15N3O/c1-15-8-7-11-12(9-15)14-16(13(11)17)10-5-3-2-4-6-10/h2-6,14H,7-9H2,1H3. The third-order valence-corrected chi connectivity index (χ3v) is 3.26. The molecule has 1 N–H and O–H groups in total. The van der Waals surface area contributed by atoms with Crippen LogP contribution in [0.25, 0.3) is 5.69 Å². The van der Waals surface area contributed by atoms with Crippen LogP contribution in [0.5, 0.6) is 0 Å². The Hall–Kier alpha value is -1.81. The molecular formula is C13H15N3O. The summed E-state index contributed by atoms with van der Waals surface area (Å²) in [4.78, 5) is 14.4. The van der Waals surface area contributed by atoms with E-state index in [4.69, 9.17) is 0 Å². The monoisotopic (exact) mass is 229 g/mol. The molecule has 2 heterocycles. The van der Waals surface area contributed by atoms with E-state index in [1.54, 1.807) is 4.68 Å². The van der Waals surface area contributed by atoms with Crippen LogP contribution >= 0.6 is 0 Å². The summed E-state index contributed by atoms with van der Waals surface area (Å²) >= 11 is 0. The Morgan fingerprint density at radius 3 is 2.76 bits per heavy atom. The molecule has 0 spiro atoms. The number of likely N-dealkylation sites (N-methyl/N-ethyl adjacent to an activating group) is 1. The third kappa shape index (κ3) is 1.70. The highest BCUT2D eigenvalue weighted by molar-refractivity contribution is 5.33. The fraction of sp³-hybridized carbons (Fsp3) is 0.308. The summed E-state index contributed by atoms with van der Waals surface area (Å²) in [7, 11) is 2.07. The molecule has 3 rings (SSSR count). The van der Waals surface area contributed by atoms with Crippen LogP contribution < -0.4 is 5.56 Å². The van der Waals surface area contributed by atoms with Crippen molar-refractivity contribution in [3.8, 4) is 5.69 Å². The number of hydrogen-bond acceptors (Lipinski definition) is 2. The van der Waals surface area contributed by atoms with E-state index in [1.165, 1.54) is 0 Å². The third-order valence-electron chi connectivity index (χ3n) is 3.26. The highest BCUT2D eigenvalue weighted by Crippen LogP contribution is 2.14. The van der Waals surface area contributed by atoms with Crippen molar-refractivity contribution in [1.29, 1.82) is 0 Å². The first-order chi connectivity index (χ1) is 8.25. The minimum Gasteiger partial charge on any atom is -0.300 e. The summed E-state index contributed by atoms with van der Waals surface area (Å²) in [6, 6.07) is 9.70. The smallest absolute Gasteiger partial charge is 0.274 e. The number of nitrogens with zero attached hydrogens (tertiary/aromatic N) is 2. The van der Waals surface area contributed by atoms with Crippen LogP contribution in [-0.4, -0.2) is 28.3 Å². The number of fused-ring (bicyclic) bond motifs is 1. The molecule has 0 saturated carbocycles. The van der Waals surface area contributed by atoms with Gasteiger partial charge in [0.2, 0.25) is 0 Å². The summed E-state index contributed by atoms with van der Waals surface area (Å²) in [5.41, 5.74) is 2.98. The molecule has 0 bridgehead atoms. The molecule has 0 amide bonds. The first-order valence-corrected chi connectivity index (χ1v) is 5.82. The lowest BCUT2D eigenvalue weighted by molar-refractivity contribution is 0.308.